The maximum atomic E-state index is 13.6. The van der Waals surface area contributed by atoms with Gasteiger partial charge in [0.2, 0.25) is 0 Å². The van der Waals surface area contributed by atoms with Gasteiger partial charge in [-0.25, -0.2) is 0 Å². The molecular formula is C26H30N2O10S2. The summed E-state index contributed by atoms with van der Waals surface area (Å²) in [5, 5.41) is 0. The number of benzene rings is 1. The van der Waals surface area contributed by atoms with E-state index in [9.17, 15) is 24.0 Å². The number of thioether (sulfide) groups is 1. The van der Waals surface area contributed by atoms with Crippen LogP contribution in [0.15, 0.2) is 29.2 Å². The van der Waals surface area contributed by atoms with Crippen LogP contribution in [0.25, 0.3) is 6.08 Å². The van der Waals surface area contributed by atoms with Gasteiger partial charge in [-0.05, 0) is 23.8 Å². The number of anilines is 1. The molecule has 0 aliphatic carbocycles. The summed E-state index contributed by atoms with van der Waals surface area (Å²) >= 11 is 6.51. The van der Waals surface area contributed by atoms with Crippen molar-refractivity contribution in [2.24, 2.45) is 0 Å². The summed E-state index contributed by atoms with van der Waals surface area (Å²) in [4.78, 5) is 64.6. The molecule has 1 aromatic carbocycles. The summed E-state index contributed by atoms with van der Waals surface area (Å²) in [6.45, 7) is 4.11. The van der Waals surface area contributed by atoms with Crippen molar-refractivity contribution in [1.82, 2.24) is 4.90 Å². The summed E-state index contributed by atoms with van der Waals surface area (Å²) in [6.07, 6.45) is -5.16. The molecule has 1 amide bonds. The molecule has 3 rings (SSSR count). The van der Waals surface area contributed by atoms with E-state index in [0.717, 1.165) is 48.7 Å². The topological polar surface area (TPSA) is 138 Å². The molecule has 0 N–H and O–H groups in total. The van der Waals surface area contributed by atoms with Crippen molar-refractivity contribution >= 4 is 69.8 Å². The Kier molecular flexibility index (Phi) is 10.3. The lowest BCUT2D eigenvalue weighted by molar-refractivity contribution is -0.268. The van der Waals surface area contributed by atoms with E-state index in [-0.39, 0.29) is 9.23 Å². The van der Waals surface area contributed by atoms with E-state index >= 15 is 0 Å². The largest absolute Gasteiger partial charge is 0.463 e. The van der Waals surface area contributed by atoms with Crippen molar-refractivity contribution < 1.29 is 47.7 Å². The van der Waals surface area contributed by atoms with Crippen LogP contribution in [-0.2, 0) is 47.7 Å². The molecule has 2 aliphatic rings. The third kappa shape index (κ3) is 7.58. The highest BCUT2D eigenvalue weighted by Gasteiger charge is 2.56. The second-order valence-electron chi connectivity index (χ2n) is 9.13. The standard InChI is InChI=1S/C26H30N2O10S2/c1-13(29)34-12-19-21(35-14(2)30)22(36-15(3)31)23(37-16(4)32)25(38-19)28-24(33)20(40-26(28)39)11-17-7-9-18(10-8-17)27(5)6/h7-11,19,21-23,25H,12H2,1-6H3/b20-11-/t19-,21+,22+,23+,25-/m1/s1. The van der Waals surface area contributed by atoms with E-state index < -0.39 is 67.0 Å². The van der Waals surface area contributed by atoms with E-state index in [4.69, 9.17) is 35.9 Å². The Morgan fingerprint density at radius 3 is 2.00 bits per heavy atom. The van der Waals surface area contributed by atoms with Gasteiger partial charge < -0.3 is 28.6 Å². The van der Waals surface area contributed by atoms with Crippen LogP contribution in [0.2, 0.25) is 0 Å². The number of nitrogens with zero attached hydrogens (tertiary/aromatic N) is 2. The Morgan fingerprint density at radius 1 is 0.925 bits per heavy atom. The number of thiocarbonyl (C=S) groups is 1. The van der Waals surface area contributed by atoms with Crippen LogP contribution in [0.1, 0.15) is 33.3 Å². The highest BCUT2D eigenvalue weighted by Crippen LogP contribution is 2.39. The zero-order valence-electron chi connectivity index (χ0n) is 22.8. The molecular weight excluding hydrogens is 564 g/mol. The number of rotatable bonds is 8. The molecule has 0 unspecified atom stereocenters. The number of ether oxygens (including phenoxy) is 5. The van der Waals surface area contributed by atoms with Crippen molar-refractivity contribution in [2.75, 3.05) is 25.6 Å². The molecule has 0 aromatic heterocycles. The first-order valence-electron chi connectivity index (χ1n) is 12.1. The van der Waals surface area contributed by atoms with E-state index in [1.54, 1.807) is 6.08 Å². The number of esters is 4. The zero-order valence-corrected chi connectivity index (χ0v) is 24.4. The summed E-state index contributed by atoms with van der Waals surface area (Å²) < 4.78 is 27.6. The molecule has 0 radical (unpaired) electrons. The minimum Gasteiger partial charge on any atom is -0.463 e. The number of hydrogen-bond donors (Lipinski definition) is 0. The average molecular weight is 595 g/mol. The molecule has 2 saturated heterocycles. The van der Waals surface area contributed by atoms with Crippen LogP contribution in [0, 0.1) is 0 Å². The molecule has 2 fully saturated rings. The van der Waals surface area contributed by atoms with Crippen molar-refractivity contribution in [2.45, 2.75) is 58.3 Å². The maximum absolute atomic E-state index is 13.6. The molecule has 14 heteroatoms. The Bertz CT molecular complexity index is 1220. The third-order valence-corrected chi connectivity index (χ3v) is 7.08. The summed E-state index contributed by atoms with van der Waals surface area (Å²) in [5.74, 6) is -3.52. The smallest absolute Gasteiger partial charge is 0.303 e. The van der Waals surface area contributed by atoms with Crippen molar-refractivity contribution in [1.29, 1.82) is 0 Å². The van der Waals surface area contributed by atoms with Gasteiger partial charge in [-0.15, -0.1) is 0 Å². The Hall–Kier alpha value is -3.49. The van der Waals surface area contributed by atoms with Crippen LogP contribution in [0.4, 0.5) is 5.69 Å². The fourth-order valence-electron chi connectivity index (χ4n) is 4.13. The number of carbonyl (C=O) groups is 5. The molecule has 0 bridgehead atoms. The predicted molar refractivity (Wildman–Crippen MR) is 148 cm³/mol. The number of amides is 1. The SMILES string of the molecule is CC(=O)OC[C@H]1O[C@@H](N2C(=O)/C(=C/c3ccc(N(C)C)cc3)SC2=S)[C@@H](OC(C)=O)[C@@H](OC(C)=O)[C@H]1OC(C)=O. The monoisotopic (exact) mass is 594 g/mol. The third-order valence-electron chi connectivity index (χ3n) is 5.75. The lowest BCUT2D eigenvalue weighted by Crippen LogP contribution is -2.66. The minimum atomic E-state index is -1.44. The van der Waals surface area contributed by atoms with Gasteiger partial charge in [0.05, 0.1) is 4.91 Å². The van der Waals surface area contributed by atoms with Crippen LogP contribution in [0.3, 0.4) is 0 Å². The van der Waals surface area contributed by atoms with Gasteiger partial charge in [0, 0.05) is 47.5 Å². The summed E-state index contributed by atoms with van der Waals surface area (Å²) in [5.41, 5.74) is 1.72. The Balaban J connectivity index is 2.03. The average Bonchev–Trinajstić information content (AvgIpc) is 3.12. The first-order valence-corrected chi connectivity index (χ1v) is 13.4. The van der Waals surface area contributed by atoms with Gasteiger partial charge in [0.15, 0.2) is 28.9 Å². The number of hydrogen-bond acceptors (Lipinski definition) is 13. The van der Waals surface area contributed by atoms with Crippen molar-refractivity contribution in [3.05, 3.63) is 34.7 Å². The summed E-state index contributed by atoms with van der Waals surface area (Å²) in [6, 6.07) is 7.48. The Labute approximate surface area is 240 Å². The second-order valence-corrected chi connectivity index (χ2v) is 10.8. The van der Waals surface area contributed by atoms with Crippen molar-refractivity contribution in [3.63, 3.8) is 0 Å². The quantitative estimate of drug-likeness (QED) is 0.188. The highest BCUT2D eigenvalue weighted by atomic mass is 32.2. The molecule has 1 aromatic rings. The number of carbonyl (C=O) groups excluding carboxylic acids is 5. The van der Waals surface area contributed by atoms with E-state index in [1.807, 2.05) is 43.3 Å². The molecule has 0 saturated carbocycles. The van der Waals surface area contributed by atoms with E-state index in [0.29, 0.717) is 0 Å². The molecule has 40 heavy (non-hydrogen) atoms. The lowest BCUT2D eigenvalue weighted by Gasteiger charge is -2.46. The van der Waals surface area contributed by atoms with Gasteiger partial charge in [-0.1, -0.05) is 36.1 Å². The van der Waals surface area contributed by atoms with Crippen molar-refractivity contribution in [3.8, 4) is 0 Å². The highest BCUT2D eigenvalue weighted by molar-refractivity contribution is 8.26. The van der Waals surface area contributed by atoms with Gasteiger partial charge >= 0.3 is 23.9 Å². The molecule has 12 nitrogen and oxygen atoms in total. The zero-order chi connectivity index (χ0) is 29.7. The predicted octanol–water partition coefficient (Wildman–Crippen LogP) is 2.04. The van der Waals surface area contributed by atoms with Crippen LogP contribution in [0.5, 0.6) is 0 Å². The Morgan fingerprint density at radius 2 is 1.48 bits per heavy atom. The molecule has 2 heterocycles. The minimum absolute atomic E-state index is 0.0852. The fraction of sp³-hybridized carbons (Fsp3) is 0.462. The van der Waals surface area contributed by atoms with Crippen LogP contribution >= 0.6 is 24.0 Å². The molecule has 5 atom stereocenters. The first-order chi connectivity index (χ1) is 18.8. The lowest BCUT2D eigenvalue weighted by atomic mass is 9.96. The van der Waals surface area contributed by atoms with E-state index in [2.05, 4.69) is 0 Å². The van der Waals surface area contributed by atoms with Gasteiger partial charge in [-0.2, -0.15) is 0 Å². The van der Waals surface area contributed by atoms with Gasteiger partial charge in [0.1, 0.15) is 12.7 Å². The second kappa shape index (κ2) is 13.2. The molecule has 2 aliphatic heterocycles. The van der Waals surface area contributed by atoms with Gasteiger partial charge in [0.25, 0.3) is 5.91 Å². The fourth-order valence-corrected chi connectivity index (χ4v) is 5.44. The van der Waals surface area contributed by atoms with Crippen LogP contribution < -0.4 is 4.90 Å². The van der Waals surface area contributed by atoms with Crippen LogP contribution in [-0.4, -0.2) is 90.4 Å². The normalized spacial score (nSPS) is 25.4. The molecule has 0 spiro atoms. The van der Waals surface area contributed by atoms with E-state index in [1.165, 1.54) is 6.92 Å². The first kappa shape index (κ1) is 31.0. The molecule has 216 valence electrons. The maximum Gasteiger partial charge on any atom is 0.303 e. The van der Waals surface area contributed by atoms with Gasteiger partial charge in [-0.3, -0.25) is 28.9 Å². The summed E-state index contributed by atoms with van der Waals surface area (Å²) in [7, 11) is 3.82.